The number of hydrogen-bond acceptors (Lipinski definition) is 6. The van der Waals surface area contributed by atoms with Gasteiger partial charge >= 0.3 is 12.1 Å². The van der Waals surface area contributed by atoms with Crippen LogP contribution in [0.3, 0.4) is 0 Å². The molecule has 0 saturated carbocycles. The molecule has 35 heavy (non-hydrogen) atoms. The summed E-state index contributed by atoms with van der Waals surface area (Å²) in [5.41, 5.74) is 1.09. The van der Waals surface area contributed by atoms with Crippen LogP contribution in [0.5, 0.6) is 0 Å². The second-order valence-electron chi connectivity index (χ2n) is 9.49. The summed E-state index contributed by atoms with van der Waals surface area (Å²) < 4.78 is 16.5. The monoisotopic (exact) mass is 490 g/mol. The number of alkyl carbamates (subject to hydrolysis) is 1. The zero-order valence-electron chi connectivity index (χ0n) is 21.2. The lowest BCUT2D eigenvalue weighted by Crippen LogP contribution is -2.52. The van der Waals surface area contributed by atoms with Crippen LogP contribution in [0, 0.1) is 11.8 Å². The lowest BCUT2D eigenvalue weighted by Gasteiger charge is -2.38. The Morgan fingerprint density at radius 1 is 1.20 bits per heavy atom. The molecule has 0 spiro atoms. The zero-order valence-corrected chi connectivity index (χ0v) is 21.2. The van der Waals surface area contributed by atoms with Crippen molar-refractivity contribution in [2.75, 3.05) is 60.2 Å². The Kier molecular flexibility index (Phi) is 11.6. The molecule has 3 rings (SSSR count). The highest BCUT2D eigenvalue weighted by molar-refractivity contribution is 5.74. The maximum Gasteiger partial charge on any atom is 0.406 e. The van der Waals surface area contributed by atoms with Gasteiger partial charge in [-0.25, -0.2) is 9.59 Å². The first kappa shape index (κ1) is 27.2. The van der Waals surface area contributed by atoms with Gasteiger partial charge in [0, 0.05) is 51.4 Å². The summed E-state index contributed by atoms with van der Waals surface area (Å²) in [6, 6.07) is 10.2. The summed E-state index contributed by atoms with van der Waals surface area (Å²) in [5.74, 6) is 0.662. The molecule has 0 aromatic heterocycles. The summed E-state index contributed by atoms with van der Waals surface area (Å²) in [4.78, 5) is 26.5. The van der Waals surface area contributed by atoms with Gasteiger partial charge in [0.25, 0.3) is 0 Å². The van der Waals surface area contributed by atoms with E-state index in [1.807, 2.05) is 30.1 Å². The number of likely N-dealkylation sites (N-methyl/N-ethyl adjacent to an activating group) is 1. The standard InChI is InChI=1S/C26H42N4O5/c1-27-17-23(16-20-8-7-14-34-19-20)29-25(31)30-13-6-11-22(18-30)24(21-9-4-3-5-10-21)35-15-12-28-26(32)33-2/h3-5,9-10,20,22-24,27H,6-8,11-19H2,1-2H3,(H,28,32)(H,29,31)/t20-,22-,23+,24?/m1/s1. The average Bonchev–Trinajstić information content (AvgIpc) is 2.89. The lowest BCUT2D eigenvalue weighted by atomic mass is 9.88. The molecule has 196 valence electrons. The van der Waals surface area contributed by atoms with Gasteiger partial charge in [-0.15, -0.1) is 0 Å². The first-order valence-electron chi connectivity index (χ1n) is 12.9. The van der Waals surface area contributed by atoms with Crippen LogP contribution in [0.4, 0.5) is 9.59 Å². The number of rotatable bonds is 11. The van der Waals surface area contributed by atoms with E-state index in [9.17, 15) is 9.59 Å². The van der Waals surface area contributed by atoms with Crippen LogP contribution < -0.4 is 16.0 Å². The number of methoxy groups -OCH3 is 1. The van der Waals surface area contributed by atoms with Crippen molar-refractivity contribution < 1.29 is 23.8 Å². The Morgan fingerprint density at radius 2 is 2.03 bits per heavy atom. The second-order valence-corrected chi connectivity index (χ2v) is 9.49. The molecule has 2 heterocycles. The third-order valence-corrected chi connectivity index (χ3v) is 6.81. The van der Waals surface area contributed by atoms with Crippen molar-refractivity contribution in [3.63, 3.8) is 0 Å². The lowest BCUT2D eigenvalue weighted by molar-refractivity contribution is -0.00873. The highest BCUT2D eigenvalue weighted by Gasteiger charge is 2.32. The Balaban J connectivity index is 1.59. The first-order chi connectivity index (χ1) is 17.1. The highest BCUT2D eigenvalue weighted by Crippen LogP contribution is 2.33. The van der Waals surface area contributed by atoms with Gasteiger partial charge in [0.05, 0.1) is 19.8 Å². The second kappa shape index (κ2) is 14.9. The van der Waals surface area contributed by atoms with E-state index in [2.05, 4.69) is 32.8 Å². The maximum absolute atomic E-state index is 13.3. The third-order valence-electron chi connectivity index (χ3n) is 6.81. The number of ether oxygens (including phenoxy) is 3. The van der Waals surface area contributed by atoms with Gasteiger partial charge in [0.2, 0.25) is 0 Å². The SMILES string of the molecule is CNC[C@H](C[C@H]1CCCOC1)NC(=O)N1CCC[C@@H](C(OCCNC(=O)OC)c2ccccc2)C1. The van der Waals surface area contributed by atoms with Crippen LogP contribution in [-0.2, 0) is 14.2 Å². The quantitative estimate of drug-likeness (QED) is 0.413. The van der Waals surface area contributed by atoms with Gasteiger partial charge in [-0.3, -0.25) is 0 Å². The zero-order chi connectivity index (χ0) is 24.9. The molecule has 4 atom stereocenters. The molecule has 2 saturated heterocycles. The Bertz CT molecular complexity index is 759. The molecule has 2 aliphatic rings. The van der Waals surface area contributed by atoms with Crippen molar-refractivity contribution in [2.24, 2.45) is 11.8 Å². The number of carbonyl (C=O) groups is 2. The number of benzene rings is 1. The third kappa shape index (κ3) is 8.98. The molecule has 2 aliphatic heterocycles. The molecule has 0 bridgehead atoms. The van der Waals surface area contributed by atoms with Crippen LogP contribution in [-0.4, -0.2) is 83.2 Å². The molecular formula is C26H42N4O5. The molecule has 1 unspecified atom stereocenters. The molecule has 1 aromatic rings. The molecular weight excluding hydrogens is 448 g/mol. The smallest absolute Gasteiger partial charge is 0.406 e. The summed E-state index contributed by atoms with van der Waals surface area (Å²) in [6.45, 7) is 4.47. The summed E-state index contributed by atoms with van der Waals surface area (Å²) in [7, 11) is 3.26. The molecule has 0 aliphatic carbocycles. The summed E-state index contributed by atoms with van der Waals surface area (Å²) in [6.07, 6.45) is 4.45. The van der Waals surface area contributed by atoms with Gasteiger partial charge in [-0.1, -0.05) is 30.3 Å². The van der Waals surface area contributed by atoms with E-state index in [0.29, 0.717) is 25.6 Å². The van der Waals surface area contributed by atoms with Crippen molar-refractivity contribution in [1.82, 2.24) is 20.9 Å². The number of urea groups is 1. The van der Waals surface area contributed by atoms with Crippen LogP contribution in [0.1, 0.15) is 43.8 Å². The van der Waals surface area contributed by atoms with E-state index in [1.165, 1.54) is 7.11 Å². The molecule has 3 amide bonds. The molecule has 3 N–H and O–H groups in total. The van der Waals surface area contributed by atoms with Gasteiger partial charge < -0.3 is 35.1 Å². The molecule has 1 aromatic carbocycles. The van der Waals surface area contributed by atoms with Crippen molar-refractivity contribution in [3.05, 3.63) is 35.9 Å². The van der Waals surface area contributed by atoms with E-state index in [4.69, 9.17) is 9.47 Å². The summed E-state index contributed by atoms with van der Waals surface area (Å²) in [5, 5.41) is 9.15. The van der Waals surface area contributed by atoms with Gasteiger partial charge in [0.15, 0.2) is 0 Å². The maximum atomic E-state index is 13.3. The first-order valence-corrected chi connectivity index (χ1v) is 12.9. The normalized spacial score (nSPS) is 22.2. The minimum atomic E-state index is -0.471. The summed E-state index contributed by atoms with van der Waals surface area (Å²) >= 11 is 0. The number of amides is 3. The Hall–Kier alpha value is -2.36. The van der Waals surface area contributed by atoms with Crippen molar-refractivity contribution >= 4 is 12.1 Å². The van der Waals surface area contributed by atoms with E-state index in [-0.39, 0.29) is 24.1 Å². The van der Waals surface area contributed by atoms with Crippen molar-refractivity contribution in [3.8, 4) is 0 Å². The number of carbonyl (C=O) groups excluding carboxylic acids is 2. The van der Waals surface area contributed by atoms with E-state index in [0.717, 1.165) is 64.0 Å². The Morgan fingerprint density at radius 3 is 2.74 bits per heavy atom. The van der Waals surface area contributed by atoms with Gasteiger partial charge in [-0.2, -0.15) is 0 Å². The van der Waals surface area contributed by atoms with Crippen LogP contribution in [0.25, 0.3) is 0 Å². The predicted octanol–water partition coefficient (Wildman–Crippen LogP) is 2.93. The number of likely N-dealkylation sites (tertiary alicyclic amines) is 1. The average molecular weight is 491 g/mol. The number of piperidine rings is 1. The fraction of sp³-hybridized carbons (Fsp3) is 0.692. The van der Waals surface area contributed by atoms with E-state index < -0.39 is 6.09 Å². The molecule has 2 fully saturated rings. The highest BCUT2D eigenvalue weighted by atomic mass is 16.5. The van der Waals surface area contributed by atoms with Crippen molar-refractivity contribution in [2.45, 2.75) is 44.2 Å². The van der Waals surface area contributed by atoms with Crippen LogP contribution >= 0.6 is 0 Å². The van der Waals surface area contributed by atoms with Crippen molar-refractivity contribution in [1.29, 1.82) is 0 Å². The van der Waals surface area contributed by atoms with Crippen LogP contribution in [0.15, 0.2) is 30.3 Å². The largest absolute Gasteiger partial charge is 0.453 e. The van der Waals surface area contributed by atoms with Gasteiger partial charge in [0.1, 0.15) is 0 Å². The fourth-order valence-corrected chi connectivity index (χ4v) is 5.10. The minimum Gasteiger partial charge on any atom is -0.453 e. The molecule has 0 radical (unpaired) electrons. The predicted molar refractivity (Wildman–Crippen MR) is 134 cm³/mol. The fourth-order valence-electron chi connectivity index (χ4n) is 5.10. The Labute approximate surface area is 209 Å². The van der Waals surface area contributed by atoms with Gasteiger partial charge in [-0.05, 0) is 50.6 Å². The molecule has 9 nitrogen and oxygen atoms in total. The number of nitrogens with zero attached hydrogens (tertiary/aromatic N) is 1. The minimum absolute atomic E-state index is 0.00847. The van der Waals surface area contributed by atoms with E-state index >= 15 is 0 Å². The number of hydrogen-bond donors (Lipinski definition) is 3. The topological polar surface area (TPSA) is 101 Å². The van der Waals surface area contributed by atoms with Crippen LogP contribution in [0.2, 0.25) is 0 Å². The molecule has 9 heteroatoms. The van der Waals surface area contributed by atoms with E-state index in [1.54, 1.807) is 0 Å². The number of nitrogens with one attached hydrogen (secondary N) is 3.